The van der Waals surface area contributed by atoms with Crippen LogP contribution in [0.3, 0.4) is 0 Å². The smallest absolute Gasteiger partial charge is 0.233 e. The third kappa shape index (κ3) is 3.37. The van der Waals surface area contributed by atoms with E-state index in [0.717, 1.165) is 0 Å². The monoisotopic (exact) mass is 208 g/mol. The molecule has 0 heterocycles. The van der Waals surface area contributed by atoms with E-state index in [2.05, 4.69) is 0 Å². The van der Waals surface area contributed by atoms with Gasteiger partial charge in [0.2, 0.25) is 0 Å². The van der Waals surface area contributed by atoms with Crippen molar-refractivity contribution in [1.82, 2.24) is 0 Å². The van der Waals surface area contributed by atoms with Gasteiger partial charge in [0.15, 0.2) is 0 Å². The molecule has 0 aliphatic heterocycles. The molecule has 72 valence electrons. The van der Waals surface area contributed by atoms with Gasteiger partial charge in [-0.2, -0.15) is 0 Å². The third-order valence-electron chi connectivity index (χ3n) is 1.43. The van der Waals surface area contributed by atoms with Gasteiger partial charge >= 0.3 is 7.37 Å². The van der Waals surface area contributed by atoms with Crippen molar-refractivity contribution in [3.8, 4) is 0 Å². The lowest BCUT2D eigenvalue weighted by Crippen LogP contribution is -2.22. The van der Waals surface area contributed by atoms with Crippen LogP contribution in [0.1, 0.15) is 41.5 Å². The molecular weight excluding hydrogens is 190 g/mol. The minimum atomic E-state index is -2.28. The zero-order chi connectivity index (χ0) is 10.2. The summed E-state index contributed by atoms with van der Waals surface area (Å²) in [6.07, 6.45) is 0. The normalized spacial score (nSPS) is 13.6. The lowest BCUT2D eigenvalue weighted by molar-refractivity contribution is 0.524. The van der Waals surface area contributed by atoms with Gasteiger partial charge in [-0.05, 0) is 10.3 Å². The standard InChI is InChI=1S/C8H18O2P2/c1-7(2,3)11(12(9)10)8(4,5)6/h1-6H3. The second-order valence-corrected chi connectivity index (χ2v) is 10.9. The molecule has 0 aromatic carbocycles. The SMILES string of the molecule is CC(C)(C)P(P(=O)=O)C(C)(C)C. The molecule has 0 atom stereocenters. The summed E-state index contributed by atoms with van der Waals surface area (Å²) in [5.41, 5.74) is 0. The average molecular weight is 208 g/mol. The Morgan fingerprint density at radius 1 is 0.750 bits per heavy atom. The maximum absolute atomic E-state index is 11.1. The molecule has 0 saturated heterocycles. The molecule has 0 unspecified atom stereocenters. The lowest BCUT2D eigenvalue weighted by atomic mass is 10.2. The molecule has 0 saturated carbocycles. The van der Waals surface area contributed by atoms with E-state index in [1.807, 2.05) is 41.5 Å². The van der Waals surface area contributed by atoms with Gasteiger partial charge in [-0.3, -0.25) is 0 Å². The van der Waals surface area contributed by atoms with E-state index in [1.165, 1.54) is 0 Å². The topological polar surface area (TPSA) is 34.1 Å². The van der Waals surface area contributed by atoms with Gasteiger partial charge in [-0.1, -0.05) is 41.5 Å². The molecule has 0 rings (SSSR count). The highest BCUT2D eigenvalue weighted by Crippen LogP contribution is 2.70. The summed E-state index contributed by atoms with van der Waals surface area (Å²) in [5.74, 6) is 0. The molecule has 0 radical (unpaired) electrons. The second kappa shape index (κ2) is 3.60. The summed E-state index contributed by atoms with van der Waals surface area (Å²) in [6.45, 7) is 12.0. The minimum Gasteiger partial charge on any atom is -0.233 e. The first-order chi connectivity index (χ1) is 5.07. The summed E-state index contributed by atoms with van der Waals surface area (Å²) in [5, 5.41) is -0.217. The van der Waals surface area contributed by atoms with Crippen molar-refractivity contribution in [3.63, 3.8) is 0 Å². The molecule has 0 fully saturated rings. The van der Waals surface area contributed by atoms with Crippen LogP contribution in [-0.2, 0) is 9.13 Å². The Kier molecular flexibility index (Phi) is 3.70. The van der Waals surface area contributed by atoms with Crippen LogP contribution in [0.5, 0.6) is 0 Å². The summed E-state index contributed by atoms with van der Waals surface area (Å²) >= 11 is 0. The van der Waals surface area contributed by atoms with Gasteiger partial charge in [-0.15, -0.1) is 0 Å². The Hall–Kier alpha value is 0.330. The van der Waals surface area contributed by atoms with Crippen LogP contribution in [0.2, 0.25) is 0 Å². The number of hydrogen-bond donors (Lipinski definition) is 0. The van der Waals surface area contributed by atoms with E-state index in [9.17, 15) is 9.13 Å². The summed E-state index contributed by atoms with van der Waals surface area (Å²) in [4.78, 5) is 0. The molecule has 0 aliphatic rings. The maximum Gasteiger partial charge on any atom is 0.336 e. The highest BCUT2D eigenvalue weighted by atomic mass is 32.1. The molecule has 2 nitrogen and oxygen atoms in total. The molecule has 0 aromatic heterocycles. The average Bonchev–Trinajstić information content (AvgIpc) is 1.49. The summed E-state index contributed by atoms with van der Waals surface area (Å²) < 4.78 is 22.1. The molecule has 0 spiro atoms. The summed E-state index contributed by atoms with van der Waals surface area (Å²) in [6, 6.07) is 0. The van der Waals surface area contributed by atoms with Crippen molar-refractivity contribution >= 4 is 15.0 Å². The van der Waals surface area contributed by atoms with E-state index in [1.54, 1.807) is 0 Å². The first-order valence-electron chi connectivity index (χ1n) is 4.01. The Labute approximate surface area is 76.6 Å². The quantitative estimate of drug-likeness (QED) is 0.606. The second-order valence-electron chi connectivity index (χ2n) is 4.89. The van der Waals surface area contributed by atoms with Gasteiger partial charge in [0.05, 0.1) is 0 Å². The van der Waals surface area contributed by atoms with Crippen molar-refractivity contribution in [2.75, 3.05) is 0 Å². The van der Waals surface area contributed by atoms with E-state index in [4.69, 9.17) is 0 Å². The van der Waals surface area contributed by atoms with E-state index in [-0.39, 0.29) is 10.3 Å². The minimum absolute atomic E-state index is 0.108. The summed E-state index contributed by atoms with van der Waals surface area (Å²) in [7, 11) is -3.22. The van der Waals surface area contributed by atoms with E-state index in [0.29, 0.717) is 0 Å². The predicted octanol–water partition coefficient (Wildman–Crippen LogP) is 4.15. The molecule has 0 aliphatic carbocycles. The fourth-order valence-corrected chi connectivity index (χ4v) is 7.43. The van der Waals surface area contributed by atoms with Crippen LogP contribution in [0, 0.1) is 0 Å². The fraction of sp³-hybridized carbons (Fsp3) is 1.00. The Bertz CT molecular complexity index is 196. The third-order valence-corrected chi connectivity index (χ3v) is 8.88. The van der Waals surface area contributed by atoms with Crippen molar-refractivity contribution in [3.05, 3.63) is 0 Å². The van der Waals surface area contributed by atoms with Crippen molar-refractivity contribution in [1.29, 1.82) is 0 Å². The molecule has 0 N–H and O–H groups in total. The molecule has 4 heteroatoms. The lowest BCUT2D eigenvalue weighted by Gasteiger charge is -2.35. The van der Waals surface area contributed by atoms with Crippen LogP contribution in [0.15, 0.2) is 0 Å². The van der Waals surface area contributed by atoms with Crippen LogP contribution in [0.25, 0.3) is 0 Å². The van der Waals surface area contributed by atoms with Gasteiger partial charge in [0, 0.05) is 7.61 Å². The first kappa shape index (κ1) is 12.3. The zero-order valence-corrected chi connectivity index (χ0v) is 10.5. The van der Waals surface area contributed by atoms with Crippen LogP contribution < -0.4 is 0 Å². The molecular formula is C8H18O2P2. The Balaban J connectivity index is 4.96. The van der Waals surface area contributed by atoms with Crippen molar-refractivity contribution in [2.45, 2.75) is 51.9 Å². The highest BCUT2D eigenvalue weighted by Gasteiger charge is 2.38. The molecule has 0 bridgehead atoms. The van der Waals surface area contributed by atoms with E-state index >= 15 is 0 Å². The number of rotatable bonds is 1. The highest BCUT2D eigenvalue weighted by molar-refractivity contribution is 8.20. The van der Waals surface area contributed by atoms with Gasteiger partial charge in [0.1, 0.15) is 0 Å². The molecule has 12 heavy (non-hydrogen) atoms. The fourth-order valence-electron chi connectivity index (χ4n) is 1.50. The molecule has 0 aromatic rings. The predicted molar refractivity (Wildman–Crippen MR) is 54.7 cm³/mol. The van der Waals surface area contributed by atoms with Crippen LogP contribution in [0.4, 0.5) is 0 Å². The first-order valence-corrected chi connectivity index (χ1v) is 7.24. The molecule has 0 amide bonds. The van der Waals surface area contributed by atoms with Gasteiger partial charge in [-0.25, -0.2) is 9.13 Å². The van der Waals surface area contributed by atoms with Crippen LogP contribution >= 0.6 is 15.0 Å². The van der Waals surface area contributed by atoms with Gasteiger partial charge < -0.3 is 0 Å². The Morgan fingerprint density at radius 3 is 1.00 bits per heavy atom. The largest absolute Gasteiger partial charge is 0.336 e. The van der Waals surface area contributed by atoms with E-state index < -0.39 is 15.0 Å². The van der Waals surface area contributed by atoms with Crippen LogP contribution in [-0.4, -0.2) is 10.3 Å². The van der Waals surface area contributed by atoms with Gasteiger partial charge in [0.25, 0.3) is 0 Å². The number of hydrogen-bond acceptors (Lipinski definition) is 2. The Morgan fingerprint density at radius 2 is 1.00 bits per heavy atom. The van der Waals surface area contributed by atoms with Crippen molar-refractivity contribution < 1.29 is 9.13 Å². The van der Waals surface area contributed by atoms with Crippen molar-refractivity contribution in [2.24, 2.45) is 0 Å². The maximum atomic E-state index is 11.1. The zero-order valence-electron chi connectivity index (χ0n) is 8.71.